The zero-order chi connectivity index (χ0) is 18.2. The van der Waals surface area contributed by atoms with E-state index in [2.05, 4.69) is 29.6 Å². The Morgan fingerprint density at radius 2 is 1.76 bits per heavy atom. The second-order valence-electron chi connectivity index (χ2n) is 5.84. The molecule has 0 saturated carbocycles. The van der Waals surface area contributed by atoms with Gasteiger partial charge < -0.3 is 10.1 Å². The maximum atomic E-state index is 12.1. The van der Waals surface area contributed by atoms with Gasteiger partial charge in [-0.3, -0.25) is 4.79 Å². The van der Waals surface area contributed by atoms with Crippen molar-refractivity contribution in [2.75, 3.05) is 18.9 Å². The third kappa shape index (κ3) is 5.94. The van der Waals surface area contributed by atoms with Crippen LogP contribution in [0, 0.1) is 20.8 Å². The first-order valence-electron chi connectivity index (χ1n) is 8.17. The van der Waals surface area contributed by atoms with Crippen molar-refractivity contribution in [1.29, 1.82) is 0 Å². The quantitative estimate of drug-likeness (QED) is 0.467. The molecule has 0 heterocycles. The number of thioether (sulfide) groups is 1. The van der Waals surface area contributed by atoms with Gasteiger partial charge in [0.25, 0.3) is 5.91 Å². The number of esters is 1. The Labute approximate surface area is 153 Å². The molecule has 0 unspecified atom stereocenters. The number of nitrogens with one attached hydrogen (secondary N) is 1. The third-order valence-electron chi connectivity index (χ3n) is 3.87. The number of hydrogen-bond donors (Lipinski definition) is 1. The number of aryl methyl sites for hydroxylation is 2. The molecule has 1 N–H and O–H groups in total. The van der Waals surface area contributed by atoms with Gasteiger partial charge in [-0.1, -0.05) is 29.8 Å². The van der Waals surface area contributed by atoms with Crippen molar-refractivity contribution in [3.05, 3.63) is 64.7 Å². The average molecular weight is 357 g/mol. The van der Waals surface area contributed by atoms with Gasteiger partial charge in [-0.05, 0) is 50.1 Å². The van der Waals surface area contributed by atoms with Crippen LogP contribution in [0.15, 0.2) is 47.4 Å². The van der Waals surface area contributed by atoms with E-state index in [0.29, 0.717) is 12.1 Å². The second kappa shape index (κ2) is 9.28. The fourth-order valence-electron chi connectivity index (χ4n) is 2.23. The van der Waals surface area contributed by atoms with E-state index in [-0.39, 0.29) is 12.5 Å². The zero-order valence-electron chi connectivity index (χ0n) is 14.8. The number of carbonyl (C=O) groups is 2. The summed E-state index contributed by atoms with van der Waals surface area (Å²) in [5, 5.41) is 2.76. The second-order valence-corrected chi connectivity index (χ2v) is 7.00. The third-order valence-corrected chi connectivity index (χ3v) is 4.89. The highest BCUT2D eigenvalue weighted by Crippen LogP contribution is 2.17. The minimum absolute atomic E-state index is 0.262. The van der Waals surface area contributed by atoms with Gasteiger partial charge in [-0.15, -0.1) is 11.8 Å². The van der Waals surface area contributed by atoms with E-state index in [9.17, 15) is 9.59 Å². The summed E-state index contributed by atoms with van der Waals surface area (Å²) >= 11 is 1.67. The summed E-state index contributed by atoms with van der Waals surface area (Å²) in [5.74, 6) is 0.00765. The van der Waals surface area contributed by atoms with Gasteiger partial charge in [0.2, 0.25) is 0 Å². The van der Waals surface area contributed by atoms with Crippen LogP contribution in [0.25, 0.3) is 0 Å². The summed E-state index contributed by atoms with van der Waals surface area (Å²) in [6.07, 6.45) is 0. The molecule has 2 aromatic carbocycles. The van der Waals surface area contributed by atoms with Crippen LogP contribution in [-0.4, -0.2) is 30.8 Å². The SMILES string of the molecule is Cc1ccc(SCCNC(=O)COC(=O)c2cccc(C)c2C)cc1. The predicted molar refractivity (Wildman–Crippen MR) is 101 cm³/mol. The number of amides is 1. The molecule has 0 saturated heterocycles. The van der Waals surface area contributed by atoms with E-state index in [1.54, 1.807) is 23.9 Å². The summed E-state index contributed by atoms with van der Waals surface area (Å²) in [7, 11) is 0. The molecule has 0 atom stereocenters. The lowest BCUT2D eigenvalue weighted by molar-refractivity contribution is -0.124. The summed E-state index contributed by atoms with van der Waals surface area (Å²) in [5.41, 5.74) is 3.63. The molecule has 0 aromatic heterocycles. The summed E-state index contributed by atoms with van der Waals surface area (Å²) < 4.78 is 5.10. The van der Waals surface area contributed by atoms with E-state index >= 15 is 0 Å². The molecule has 132 valence electrons. The van der Waals surface area contributed by atoms with Gasteiger partial charge in [-0.2, -0.15) is 0 Å². The maximum Gasteiger partial charge on any atom is 0.338 e. The van der Waals surface area contributed by atoms with Crippen molar-refractivity contribution in [3.63, 3.8) is 0 Å². The van der Waals surface area contributed by atoms with Gasteiger partial charge in [-0.25, -0.2) is 4.79 Å². The Morgan fingerprint density at radius 1 is 1.04 bits per heavy atom. The van der Waals surface area contributed by atoms with E-state index in [4.69, 9.17) is 4.74 Å². The smallest absolute Gasteiger partial charge is 0.338 e. The van der Waals surface area contributed by atoms with Crippen LogP contribution in [0.5, 0.6) is 0 Å². The molecule has 1 amide bonds. The van der Waals surface area contributed by atoms with Crippen LogP contribution in [0.1, 0.15) is 27.0 Å². The van der Waals surface area contributed by atoms with Crippen molar-refractivity contribution in [2.45, 2.75) is 25.7 Å². The number of carbonyl (C=O) groups excluding carboxylic acids is 2. The van der Waals surface area contributed by atoms with Crippen LogP contribution in [-0.2, 0) is 9.53 Å². The highest BCUT2D eigenvalue weighted by atomic mass is 32.2. The predicted octanol–water partition coefficient (Wildman–Crippen LogP) is 3.68. The van der Waals surface area contributed by atoms with Gasteiger partial charge in [0.15, 0.2) is 6.61 Å². The van der Waals surface area contributed by atoms with E-state index in [1.165, 1.54) is 10.5 Å². The zero-order valence-corrected chi connectivity index (χ0v) is 15.6. The topological polar surface area (TPSA) is 55.4 Å². The van der Waals surface area contributed by atoms with Crippen LogP contribution in [0.2, 0.25) is 0 Å². The number of benzene rings is 2. The summed E-state index contributed by atoms with van der Waals surface area (Å²) in [6.45, 7) is 6.12. The van der Waals surface area contributed by atoms with Crippen molar-refractivity contribution >= 4 is 23.6 Å². The molecule has 0 aliphatic heterocycles. The molecule has 0 radical (unpaired) electrons. The fourth-order valence-corrected chi connectivity index (χ4v) is 2.99. The lowest BCUT2D eigenvalue weighted by Crippen LogP contribution is -2.30. The lowest BCUT2D eigenvalue weighted by Gasteiger charge is -2.09. The molecule has 5 heteroatoms. The first-order chi connectivity index (χ1) is 12.0. The Hall–Kier alpha value is -2.27. The first kappa shape index (κ1) is 19.1. The standard InChI is InChI=1S/C20H23NO3S/c1-14-7-9-17(10-8-14)25-12-11-21-19(22)13-24-20(23)18-6-4-5-15(2)16(18)3/h4-10H,11-13H2,1-3H3,(H,21,22). The Morgan fingerprint density at radius 3 is 2.48 bits per heavy atom. The number of hydrogen-bond acceptors (Lipinski definition) is 4. The highest BCUT2D eigenvalue weighted by Gasteiger charge is 2.13. The van der Waals surface area contributed by atoms with E-state index in [1.807, 2.05) is 26.8 Å². The van der Waals surface area contributed by atoms with E-state index < -0.39 is 5.97 Å². The fraction of sp³-hybridized carbons (Fsp3) is 0.300. The van der Waals surface area contributed by atoms with Gasteiger partial charge in [0.1, 0.15) is 0 Å². The van der Waals surface area contributed by atoms with Crippen LogP contribution < -0.4 is 5.32 Å². The van der Waals surface area contributed by atoms with Crippen LogP contribution in [0.4, 0.5) is 0 Å². The molecule has 0 fully saturated rings. The molecule has 0 aliphatic rings. The van der Waals surface area contributed by atoms with Crippen molar-refractivity contribution < 1.29 is 14.3 Å². The Kier molecular flexibility index (Phi) is 7.07. The van der Waals surface area contributed by atoms with Gasteiger partial charge in [0.05, 0.1) is 5.56 Å². The van der Waals surface area contributed by atoms with Crippen LogP contribution in [0.3, 0.4) is 0 Å². The Balaban J connectivity index is 1.69. The number of rotatable bonds is 7. The molecule has 25 heavy (non-hydrogen) atoms. The first-order valence-corrected chi connectivity index (χ1v) is 9.15. The monoisotopic (exact) mass is 357 g/mol. The molecule has 2 aromatic rings. The average Bonchev–Trinajstić information content (AvgIpc) is 2.60. The molecular formula is C20H23NO3S. The summed E-state index contributed by atoms with van der Waals surface area (Å²) in [4.78, 5) is 25.0. The molecular weight excluding hydrogens is 334 g/mol. The lowest BCUT2D eigenvalue weighted by atomic mass is 10.0. The molecule has 4 nitrogen and oxygen atoms in total. The maximum absolute atomic E-state index is 12.1. The molecule has 0 bridgehead atoms. The van der Waals surface area contributed by atoms with Crippen molar-refractivity contribution in [2.24, 2.45) is 0 Å². The largest absolute Gasteiger partial charge is 0.452 e. The molecule has 0 spiro atoms. The van der Waals surface area contributed by atoms with Gasteiger partial charge in [0, 0.05) is 17.2 Å². The summed E-state index contributed by atoms with van der Waals surface area (Å²) in [6, 6.07) is 13.7. The minimum Gasteiger partial charge on any atom is -0.452 e. The van der Waals surface area contributed by atoms with E-state index in [0.717, 1.165) is 16.9 Å². The number of ether oxygens (including phenoxy) is 1. The minimum atomic E-state index is -0.467. The normalized spacial score (nSPS) is 10.4. The highest BCUT2D eigenvalue weighted by molar-refractivity contribution is 7.99. The molecule has 0 aliphatic carbocycles. The van der Waals surface area contributed by atoms with Crippen molar-refractivity contribution in [3.8, 4) is 0 Å². The molecule has 2 rings (SSSR count). The van der Waals surface area contributed by atoms with Gasteiger partial charge >= 0.3 is 5.97 Å². The Bertz CT molecular complexity index is 741. The van der Waals surface area contributed by atoms with Crippen molar-refractivity contribution in [1.82, 2.24) is 5.32 Å². The van der Waals surface area contributed by atoms with Crippen LogP contribution >= 0.6 is 11.8 Å².